The van der Waals surface area contributed by atoms with Crippen molar-refractivity contribution in [1.29, 1.82) is 0 Å². The minimum atomic E-state index is -0.238. The molecule has 0 aliphatic carbocycles. The summed E-state index contributed by atoms with van der Waals surface area (Å²) in [5, 5.41) is 2.93. The van der Waals surface area contributed by atoms with E-state index in [1.807, 2.05) is 36.4 Å². The summed E-state index contributed by atoms with van der Waals surface area (Å²) in [7, 11) is 0. The van der Waals surface area contributed by atoms with Gasteiger partial charge >= 0.3 is 0 Å². The molecule has 0 bridgehead atoms. The van der Waals surface area contributed by atoms with Gasteiger partial charge in [0.25, 0.3) is 5.91 Å². The number of carbonyl (C=O) groups is 1. The molecule has 0 saturated carbocycles. The van der Waals surface area contributed by atoms with Crippen molar-refractivity contribution in [3.63, 3.8) is 0 Å². The van der Waals surface area contributed by atoms with Crippen molar-refractivity contribution in [2.45, 2.75) is 40.5 Å². The first kappa shape index (κ1) is 16.2. The Morgan fingerprint density at radius 3 is 2.71 bits per heavy atom. The molecule has 0 radical (unpaired) electrons. The first-order valence-electron chi connectivity index (χ1n) is 8.21. The van der Waals surface area contributed by atoms with Crippen LogP contribution in [0.3, 0.4) is 0 Å². The van der Waals surface area contributed by atoms with Gasteiger partial charge in [0.05, 0.1) is 0 Å². The maximum Gasteiger partial charge on any atom is 0.278 e. The predicted octanol–water partition coefficient (Wildman–Crippen LogP) is 3.86. The van der Waals surface area contributed by atoms with Gasteiger partial charge in [-0.3, -0.25) is 9.20 Å². The van der Waals surface area contributed by atoms with Gasteiger partial charge in [0.1, 0.15) is 6.33 Å². The smallest absolute Gasteiger partial charge is 0.278 e. The summed E-state index contributed by atoms with van der Waals surface area (Å²) < 4.78 is 1.83. The normalized spacial score (nSPS) is 11.0. The second-order valence-electron chi connectivity index (χ2n) is 6.17. The average molecular weight is 322 g/mol. The second kappa shape index (κ2) is 6.43. The highest BCUT2D eigenvalue weighted by Gasteiger charge is 2.16. The molecule has 1 amide bonds. The van der Waals surface area contributed by atoms with E-state index >= 15 is 0 Å². The summed E-state index contributed by atoms with van der Waals surface area (Å²) in [6.07, 6.45) is 3.80. The Labute approximate surface area is 141 Å². The molecule has 0 fully saturated rings. The number of imidazole rings is 1. The number of aryl methyl sites for hydroxylation is 4. The number of rotatable bonds is 4. The largest absolute Gasteiger partial charge is 0.321 e. The summed E-state index contributed by atoms with van der Waals surface area (Å²) in [5.74, 6) is -0.238. The van der Waals surface area contributed by atoms with Crippen LogP contribution in [0.4, 0.5) is 5.69 Å². The Kier molecular flexibility index (Phi) is 4.34. The third kappa shape index (κ3) is 3.02. The van der Waals surface area contributed by atoms with Crippen LogP contribution in [0, 0.1) is 20.8 Å². The van der Waals surface area contributed by atoms with Gasteiger partial charge < -0.3 is 5.32 Å². The molecule has 0 atom stereocenters. The number of fused-ring (bicyclic) bond motifs is 1. The van der Waals surface area contributed by atoms with Gasteiger partial charge in [-0.05, 0) is 56.5 Å². The lowest BCUT2D eigenvalue weighted by molar-refractivity contribution is 0.102. The van der Waals surface area contributed by atoms with Crippen molar-refractivity contribution >= 4 is 17.2 Å². The Balaban J connectivity index is 1.89. The molecular weight excluding hydrogens is 300 g/mol. The van der Waals surface area contributed by atoms with Crippen LogP contribution in [0.15, 0.2) is 30.6 Å². The van der Waals surface area contributed by atoms with Gasteiger partial charge in [-0.15, -0.1) is 0 Å². The van der Waals surface area contributed by atoms with Gasteiger partial charge in [0, 0.05) is 17.1 Å². The SMILES string of the molecule is CCCc1ccc(NC(=O)c2ncn3c(C)cc(C)nc23)cc1C. The zero-order valence-electron chi connectivity index (χ0n) is 14.6. The van der Waals surface area contributed by atoms with E-state index in [0.29, 0.717) is 11.3 Å². The van der Waals surface area contributed by atoms with Crippen LogP contribution in [0.5, 0.6) is 0 Å². The third-order valence-corrected chi connectivity index (χ3v) is 4.16. The molecular formula is C19H22N4O. The van der Waals surface area contributed by atoms with E-state index < -0.39 is 0 Å². The van der Waals surface area contributed by atoms with Crippen LogP contribution in [0.2, 0.25) is 0 Å². The zero-order valence-corrected chi connectivity index (χ0v) is 14.6. The fraction of sp³-hybridized carbons (Fsp3) is 0.316. The number of hydrogen-bond donors (Lipinski definition) is 1. The van der Waals surface area contributed by atoms with Gasteiger partial charge in [0.15, 0.2) is 11.3 Å². The van der Waals surface area contributed by atoms with Crippen molar-refractivity contribution in [3.8, 4) is 0 Å². The number of nitrogens with zero attached hydrogens (tertiary/aromatic N) is 3. The highest BCUT2D eigenvalue weighted by atomic mass is 16.1. The van der Waals surface area contributed by atoms with Crippen molar-refractivity contribution in [2.24, 2.45) is 0 Å². The minimum Gasteiger partial charge on any atom is -0.321 e. The van der Waals surface area contributed by atoms with Crippen LogP contribution in [-0.2, 0) is 6.42 Å². The Morgan fingerprint density at radius 2 is 2.00 bits per heavy atom. The lowest BCUT2D eigenvalue weighted by Crippen LogP contribution is -2.14. The molecule has 5 nitrogen and oxygen atoms in total. The molecule has 24 heavy (non-hydrogen) atoms. The maximum absolute atomic E-state index is 12.6. The fourth-order valence-corrected chi connectivity index (χ4v) is 2.95. The molecule has 2 aromatic heterocycles. The Morgan fingerprint density at radius 1 is 1.21 bits per heavy atom. The van der Waals surface area contributed by atoms with E-state index in [0.717, 1.165) is 29.9 Å². The monoisotopic (exact) mass is 322 g/mol. The molecule has 3 aromatic rings. The summed E-state index contributed by atoms with van der Waals surface area (Å²) in [6.45, 7) is 8.12. The number of nitrogens with one attached hydrogen (secondary N) is 1. The van der Waals surface area contributed by atoms with Gasteiger partial charge in [-0.2, -0.15) is 0 Å². The van der Waals surface area contributed by atoms with Crippen molar-refractivity contribution in [1.82, 2.24) is 14.4 Å². The van der Waals surface area contributed by atoms with E-state index in [1.54, 1.807) is 6.33 Å². The number of aromatic nitrogens is 3. The van der Waals surface area contributed by atoms with Crippen LogP contribution in [0.1, 0.15) is 46.3 Å². The highest BCUT2D eigenvalue weighted by Crippen LogP contribution is 2.18. The van der Waals surface area contributed by atoms with Crippen molar-refractivity contribution < 1.29 is 4.79 Å². The Bertz CT molecular complexity index is 911. The highest BCUT2D eigenvalue weighted by molar-refractivity contribution is 6.06. The maximum atomic E-state index is 12.6. The molecule has 0 spiro atoms. The number of hydrogen-bond acceptors (Lipinski definition) is 3. The number of benzene rings is 1. The summed E-state index contributed by atoms with van der Waals surface area (Å²) in [4.78, 5) is 21.3. The molecule has 0 aliphatic rings. The van der Waals surface area contributed by atoms with E-state index in [1.165, 1.54) is 11.1 Å². The Hall–Kier alpha value is -2.69. The number of amides is 1. The number of anilines is 1. The molecule has 124 valence electrons. The van der Waals surface area contributed by atoms with Crippen LogP contribution >= 0.6 is 0 Å². The molecule has 0 unspecified atom stereocenters. The molecule has 5 heteroatoms. The third-order valence-electron chi connectivity index (χ3n) is 4.16. The van der Waals surface area contributed by atoms with Crippen LogP contribution in [-0.4, -0.2) is 20.3 Å². The van der Waals surface area contributed by atoms with Crippen LogP contribution < -0.4 is 5.32 Å². The van der Waals surface area contributed by atoms with Gasteiger partial charge in [-0.25, -0.2) is 9.97 Å². The van der Waals surface area contributed by atoms with Crippen molar-refractivity contribution in [2.75, 3.05) is 5.32 Å². The zero-order chi connectivity index (χ0) is 17.3. The molecule has 0 saturated heterocycles. The first-order valence-corrected chi connectivity index (χ1v) is 8.21. The van der Waals surface area contributed by atoms with Crippen LogP contribution in [0.25, 0.3) is 5.65 Å². The molecule has 2 heterocycles. The summed E-state index contributed by atoms with van der Waals surface area (Å²) in [6, 6.07) is 7.99. The van der Waals surface area contributed by atoms with Crippen molar-refractivity contribution in [3.05, 3.63) is 58.8 Å². The van der Waals surface area contributed by atoms with Gasteiger partial charge in [0.2, 0.25) is 0 Å². The molecule has 0 aliphatic heterocycles. The summed E-state index contributed by atoms with van der Waals surface area (Å²) >= 11 is 0. The van der Waals surface area contributed by atoms with E-state index in [9.17, 15) is 4.79 Å². The van der Waals surface area contributed by atoms with E-state index in [-0.39, 0.29) is 5.91 Å². The standard InChI is InChI=1S/C19H22N4O/c1-5-6-15-7-8-16(9-12(15)2)22-19(24)17-18-21-13(3)10-14(4)23(18)11-20-17/h7-11H,5-6H2,1-4H3,(H,22,24). The molecule has 1 aromatic carbocycles. The summed E-state index contributed by atoms with van der Waals surface area (Å²) in [5.41, 5.74) is 6.09. The second-order valence-corrected chi connectivity index (χ2v) is 6.17. The van der Waals surface area contributed by atoms with E-state index in [2.05, 4.69) is 35.2 Å². The number of carbonyl (C=O) groups excluding carboxylic acids is 1. The fourth-order valence-electron chi connectivity index (χ4n) is 2.95. The van der Waals surface area contributed by atoms with E-state index in [4.69, 9.17) is 0 Å². The first-order chi connectivity index (χ1) is 11.5. The minimum absolute atomic E-state index is 0.238. The van der Waals surface area contributed by atoms with Gasteiger partial charge in [-0.1, -0.05) is 19.4 Å². The lowest BCUT2D eigenvalue weighted by atomic mass is 10.0. The molecule has 1 N–H and O–H groups in total. The quantitative estimate of drug-likeness (QED) is 0.793. The molecule has 3 rings (SSSR count). The lowest BCUT2D eigenvalue weighted by Gasteiger charge is -2.09. The average Bonchev–Trinajstić information content (AvgIpc) is 2.94. The predicted molar refractivity (Wildman–Crippen MR) is 95.6 cm³/mol. The topological polar surface area (TPSA) is 59.3 Å².